The highest BCUT2D eigenvalue weighted by Crippen LogP contribution is 2.28. The predicted molar refractivity (Wildman–Crippen MR) is 94.6 cm³/mol. The van der Waals surface area contributed by atoms with Gasteiger partial charge in [-0.15, -0.1) is 0 Å². The summed E-state index contributed by atoms with van der Waals surface area (Å²) in [6.45, 7) is 5.75. The Kier molecular flexibility index (Phi) is 5.20. The molecule has 6 heteroatoms. The van der Waals surface area contributed by atoms with Gasteiger partial charge in [-0.1, -0.05) is 32.0 Å². The summed E-state index contributed by atoms with van der Waals surface area (Å²) in [4.78, 5) is 18.0. The fourth-order valence-electron chi connectivity index (χ4n) is 3.18. The van der Waals surface area contributed by atoms with Crippen molar-refractivity contribution in [1.82, 2.24) is 15.3 Å². The Morgan fingerprint density at radius 3 is 2.80 bits per heavy atom. The van der Waals surface area contributed by atoms with Crippen LogP contribution in [0.2, 0.25) is 0 Å². The number of carbonyl (C=O) groups is 1. The smallest absolute Gasteiger partial charge is 0.295 e. The third-order valence-corrected chi connectivity index (χ3v) is 4.72. The van der Waals surface area contributed by atoms with Crippen LogP contribution < -0.4 is 5.48 Å². The lowest BCUT2D eigenvalue weighted by molar-refractivity contribution is -0.0604. The molecule has 0 saturated carbocycles. The van der Waals surface area contributed by atoms with Gasteiger partial charge in [0.05, 0.1) is 12.3 Å². The predicted octanol–water partition coefficient (Wildman–Crippen LogP) is 2.35. The molecular weight excluding hydrogens is 318 g/mol. The summed E-state index contributed by atoms with van der Waals surface area (Å²) in [7, 11) is 0. The Morgan fingerprint density at radius 1 is 1.36 bits per heavy atom. The number of aliphatic hydroxyl groups excluding tert-OH is 1. The SMILES string of the molecule is Cc1ccccc1-n1nc(C(=O)NOC(CO)C(C)C)c2c1CCC2. The minimum absolute atomic E-state index is 0.0977. The molecule has 2 N–H and O–H groups in total. The molecule has 0 fully saturated rings. The maximum Gasteiger partial charge on any atom is 0.295 e. The monoisotopic (exact) mass is 343 g/mol. The second-order valence-electron chi connectivity index (χ2n) is 6.84. The third kappa shape index (κ3) is 3.45. The summed E-state index contributed by atoms with van der Waals surface area (Å²) in [5, 5.41) is 13.9. The zero-order valence-corrected chi connectivity index (χ0v) is 15.0. The van der Waals surface area contributed by atoms with Crippen molar-refractivity contribution in [1.29, 1.82) is 0 Å². The number of fused-ring (bicyclic) bond motifs is 1. The van der Waals surface area contributed by atoms with Crippen LogP contribution in [0.5, 0.6) is 0 Å². The number of para-hydroxylation sites is 1. The van der Waals surface area contributed by atoms with E-state index < -0.39 is 6.10 Å². The van der Waals surface area contributed by atoms with E-state index in [4.69, 9.17) is 4.84 Å². The molecule has 1 aromatic heterocycles. The van der Waals surface area contributed by atoms with E-state index in [1.807, 2.05) is 49.7 Å². The van der Waals surface area contributed by atoms with Gasteiger partial charge in [0.2, 0.25) is 0 Å². The van der Waals surface area contributed by atoms with Crippen molar-refractivity contribution in [3.8, 4) is 5.69 Å². The molecule has 0 aliphatic heterocycles. The first-order valence-corrected chi connectivity index (χ1v) is 8.76. The first-order valence-electron chi connectivity index (χ1n) is 8.76. The van der Waals surface area contributed by atoms with Crippen LogP contribution in [0.25, 0.3) is 5.69 Å². The van der Waals surface area contributed by atoms with Crippen molar-refractivity contribution in [2.75, 3.05) is 6.61 Å². The molecule has 1 unspecified atom stereocenters. The molecule has 0 saturated heterocycles. The summed E-state index contributed by atoms with van der Waals surface area (Å²) in [5.41, 5.74) is 7.08. The lowest BCUT2D eigenvalue weighted by atomic mass is 10.1. The molecule has 134 valence electrons. The van der Waals surface area contributed by atoms with Gasteiger partial charge < -0.3 is 5.11 Å². The van der Waals surface area contributed by atoms with Crippen LogP contribution in [-0.4, -0.2) is 33.5 Å². The Hall–Kier alpha value is -2.18. The number of aryl methyl sites for hydroxylation is 1. The number of hydroxylamine groups is 1. The van der Waals surface area contributed by atoms with Crippen molar-refractivity contribution in [3.63, 3.8) is 0 Å². The highest BCUT2D eigenvalue weighted by Gasteiger charge is 2.28. The van der Waals surface area contributed by atoms with Crippen LogP contribution >= 0.6 is 0 Å². The minimum atomic E-state index is -0.435. The lowest BCUT2D eigenvalue weighted by Gasteiger charge is -2.18. The normalized spacial score (nSPS) is 14.6. The fraction of sp³-hybridized carbons (Fsp3) is 0.474. The first-order chi connectivity index (χ1) is 12.0. The average molecular weight is 343 g/mol. The van der Waals surface area contributed by atoms with Gasteiger partial charge in [0, 0.05) is 11.3 Å². The molecule has 25 heavy (non-hydrogen) atoms. The highest BCUT2D eigenvalue weighted by atomic mass is 16.7. The zero-order chi connectivity index (χ0) is 18.0. The van der Waals surface area contributed by atoms with Crippen LogP contribution in [0, 0.1) is 12.8 Å². The number of rotatable bonds is 6. The summed E-state index contributed by atoms with van der Waals surface area (Å²) in [6, 6.07) is 8.02. The summed E-state index contributed by atoms with van der Waals surface area (Å²) in [6.07, 6.45) is 2.34. The molecule has 1 aliphatic carbocycles. The molecular formula is C19H25N3O3. The van der Waals surface area contributed by atoms with Crippen LogP contribution in [0.15, 0.2) is 24.3 Å². The number of hydrogen-bond acceptors (Lipinski definition) is 4. The van der Waals surface area contributed by atoms with Crippen molar-refractivity contribution >= 4 is 5.91 Å². The van der Waals surface area contributed by atoms with Crippen molar-refractivity contribution in [3.05, 3.63) is 46.8 Å². The Morgan fingerprint density at radius 2 is 2.12 bits per heavy atom. The molecule has 3 rings (SSSR count). The van der Waals surface area contributed by atoms with Crippen LogP contribution in [0.4, 0.5) is 0 Å². The van der Waals surface area contributed by atoms with E-state index in [1.165, 1.54) is 0 Å². The van der Waals surface area contributed by atoms with Gasteiger partial charge in [0.1, 0.15) is 6.10 Å². The molecule has 6 nitrogen and oxygen atoms in total. The average Bonchev–Trinajstić information content (AvgIpc) is 3.18. The maximum atomic E-state index is 12.6. The molecule has 0 bridgehead atoms. The largest absolute Gasteiger partial charge is 0.394 e. The zero-order valence-electron chi connectivity index (χ0n) is 15.0. The standard InChI is InChI=1S/C19H25N3O3/c1-12(2)17(11-23)25-21-19(24)18-14-8-6-10-16(14)22(20-18)15-9-5-4-7-13(15)3/h4-5,7,9,12,17,23H,6,8,10-11H2,1-3H3,(H,21,24). The van der Waals surface area contributed by atoms with Crippen LogP contribution in [0.1, 0.15) is 47.6 Å². The van der Waals surface area contributed by atoms with Crippen molar-refractivity contribution in [2.24, 2.45) is 5.92 Å². The highest BCUT2D eigenvalue weighted by molar-refractivity contribution is 5.93. The van der Waals surface area contributed by atoms with E-state index in [9.17, 15) is 9.90 Å². The first kappa shape index (κ1) is 17.6. The minimum Gasteiger partial charge on any atom is -0.394 e. The Labute approximate surface area is 147 Å². The van der Waals surface area contributed by atoms with Gasteiger partial charge >= 0.3 is 0 Å². The Bertz CT molecular complexity index is 767. The molecule has 1 heterocycles. The van der Waals surface area contributed by atoms with E-state index in [2.05, 4.69) is 10.6 Å². The molecule has 2 aromatic rings. The lowest BCUT2D eigenvalue weighted by Crippen LogP contribution is -2.35. The molecule has 1 aromatic carbocycles. The Balaban J connectivity index is 1.87. The second-order valence-corrected chi connectivity index (χ2v) is 6.84. The molecule has 1 atom stereocenters. The van der Waals surface area contributed by atoms with E-state index in [0.29, 0.717) is 5.69 Å². The fourth-order valence-corrected chi connectivity index (χ4v) is 3.18. The maximum absolute atomic E-state index is 12.6. The van der Waals surface area contributed by atoms with E-state index in [1.54, 1.807) is 0 Å². The van der Waals surface area contributed by atoms with Crippen molar-refractivity contribution < 1.29 is 14.7 Å². The quantitative estimate of drug-likeness (QED) is 0.790. The molecule has 0 spiro atoms. The summed E-state index contributed by atoms with van der Waals surface area (Å²) < 4.78 is 1.89. The number of benzene rings is 1. The number of carbonyl (C=O) groups excluding carboxylic acids is 1. The van der Waals surface area contributed by atoms with Gasteiger partial charge in [-0.3, -0.25) is 9.63 Å². The number of hydrogen-bond donors (Lipinski definition) is 2. The van der Waals surface area contributed by atoms with Gasteiger partial charge in [-0.25, -0.2) is 10.2 Å². The van der Waals surface area contributed by atoms with Gasteiger partial charge in [-0.05, 0) is 43.7 Å². The number of amides is 1. The summed E-state index contributed by atoms with van der Waals surface area (Å²) in [5.74, 6) is -0.259. The number of nitrogens with zero attached hydrogens (tertiary/aromatic N) is 2. The number of aromatic nitrogens is 2. The number of nitrogens with one attached hydrogen (secondary N) is 1. The van der Waals surface area contributed by atoms with Gasteiger partial charge in [0.15, 0.2) is 5.69 Å². The molecule has 0 radical (unpaired) electrons. The number of aliphatic hydroxyl groups is 1. The molecule has 1 amide bonds. The second kappa shape index (κ2) is 7.37. The van der Waals surface area contributed by atoms with E-state index >= 15 is 0 Å². The topological polar surface area (TPSA) is 76.4 Å². The van der Waals surface area contributed by atoms with Crippen LogP contribution in [-0.2, 0) is 17.7 Å². The van der Waals surface area contributed by atoms with Crippen LogP contribution in [0.3, 0.4) is 0 Å². The van der Waals surface area contributed by atoms with E-state index in [-0.39, 0.29) is 18.4 Å². The van der Waals surface area contributed by atoms with Gasteiger partial charge in [0.25, 0.3) is 5.91 Å². The van der Waals surface area contributed by atoms with Gasteiger partial charge in [-0.2, -0.15) is 5.10 Å². The molecule has 1 aliphatic rings. The van der Waals surface area contributed by atoms with Crippen molar-refractivity contribution in [2.45, 2.75) is 46.1 Å². The third-order valence-electron chi connectivity index (χ3n) is 4.72. The van der Waals surface area contributed by atoms with E-state index in [0.717, 1.165) is 41.8 Å². The summed E-state index contributed by atoms with van der Waals surface area (Å²) >= 11 is 0.